The van der Waals surface area contributed by atoms with Crippen LogP contribution in [0.15, 0.2) is 34.4 Å². The summed E-state index contributed by atoms with van der Waals surface area (Å²) < 4.78 is 2.90. The molecule has 0 bridgehead atoms. The average molecular weight is 312 g/mol. The summed E-state index contributed by atoms with van der Waals surface area (Å²) in [5.74, 6) is 0.115. The summed E-state index contributed by atoms with van der Waals surface area (Å²) in [4.78, 5) is 14.7. The first-order chi connectivity index (χ1) is 8.24. The molecule has 1 saturated heterocycles. The first-order valence-corrected chi connectivity index (χ1v) is 6.89. The third-order valence-electron chi connectivity index (χ3n) is 2.83. The molecule has 0 saturated carbocycles. The van der Waals surface area contributed by atoms with Crippen LogP contribution in [-0.2, 0) is 0 Å². The molecule has 2 aromatic rings. The molecular weight excluding hydrogens is 302 g/mol. The van der Waals surface area contributed by atoms with Crippen LogP contribution in [0.25, 0.3) is 0 Å². The van der Waals surface area contributed by atoms with Crippen LogP contribution in [-0.4, -0.2) is 33.7 Å². The number of likely N-dealkylation sites (tertiary alicyclic amines) is 1. The van der Waals surface area contributed by atoms with Crippen molar-refractivity contribution in [1.82, 2.24) is 14.7 Å². The lowest BCUT2D eigenvalue weighted by Gasteiger charge is -2.38. The number of amides is 1. The van der Waals surface area contributed by atoms with Gasteiger partial charge in [-0.05, 0) is 34.1 Å². The van der Waals surface area contributed by atoms with Crippen molar-refractivity contribution in [2.45, 2.75) is 6.04 Å². The molecule has 0 spiro atoms. The number of carbonyl (C=O) groups excluding carboxylic acids is 1. The standard InChI is InChI=1S/C11H10BrN3OS/c12-10-3-2-9(17-10)11(16)14-6-8(7-14)15-5-1-4-13-15/h1-5,8H,6-7H2. The van der Waals surface area contributed by atoms with Crippen molar-refractivity contribution >= 4 is 33.2 Å². The van der Waals surface area contributed by atoms with Crippen molar-refractivity contribution in [3.8, 4) is 0 Å². The maximum atomic E-state index is 12.0. The highest BCUT2D eigenvalue weighted by atomic mass is 79.9. The second-order valence-electron chi connectivity index (χ2n) is 3.95. The van der Waals surface area contributed by atoms with E-state index in [1.807, 2.05) is 34.0 Å². The average Bonchev–Trinajstić information content (AvgIpc) is 2.86. The number of halogens is 1. The fourth-order valence-corrected chi connectivity index (χ4v) is 3.22. The van der Waals surface area contributed by atoms with Gasteiger partial charge in [0.2, 0.25) is 0 Å². The second kappa shape index (κ2) is 4.27. The van der Waals surface area contributed by atoms with E-state index in [0.29, 0.717) is 6.04 Å². The zero-order chi connectivity index (χ0) is 11.8. The number of carbonyl (C=O) groups is 1. The van der Waals surface area contributed by atoms with Crippen LogP contribution in [0.1, 0.15) is 15.7 Å². The molecule has 0 N–H and O–H groups in total. The Morgan fingerprint density at radius 1 is 1.47 bits per heavy atom. The Morgan fingerprint density at radius 3 is 2.88 bits per heavy atom. The number of rotatable bonds is 2. The number of thiophene rings is 1. The highest BCUT2D eigenvalue weighted by Crippen LogP contribution is 2.27. The zero-order valence-corrected chi connectivity index (χ0v) is 11.3. The third-order valence-corrected chi connectivity index (χ3v) is 4.44. The monoisotopic (exact) mass is 311 g/mol. The highest BCUT2D eigenvalue weighted by Gasteiger charge is 2.33. The molecule has 88 valence electrons. The molecule has 1 aliphatic heterocycles. The van der Waals surface area contributed by atoms with Gasteiger partial charge in [-0.15, -0.1) is 11.3 Å². The van der Waals surface area contributed by atoms with Gasteiger partial charge in [0.25, 0.3) is 5.91 Å². The lowest BCUT2D eigenvalue weighted by atomic mass is 10.1. The first-order valence-electron chi connectivity index (χ1n) is 5.28. The topological polar surface area (TPSA) is 38.1 Å². The molecule has 2 aromatic heterocycles. The molecule has 0 radical (unpaired) electrons. The fourth-order valence-electron chi connectivity index (χ4n) is 1.87. The molecule has 0 unspecified atom stereocenters. The van der Waals surface area contributed by atoms with E-state index in [9.17, 15) is 4.79 Å². The lowest BCUT2D eigenvalue weighted by molar-refractivity contribution is 0.0506. The van der Waals surface area contributed by atoms with E-state index in [2.05, 4.69) is 21.0 Å². The zero-order valence-electron chi connectivity index (χ0n) is 8.91. The third kappa shape index (κ3) is 2.02. The molecule has 3 heterocycles. The van der Waals surface area contributed by atoms with Gasteiger partial charge in [-0.2, -0.15) is 5.10 Å². The molecule has 1 aliphatic rings. The van der Waals surface area contributed by atoms with E-state index in [-0.39, 0.29) is 5.91 Å². The van der Waals surface area contributed by atoms with Gasteiger partial charge in [-0.3, -0.25) is 9.48 Å². The fraction of sp³-hybridized carbons (Fsp3) is 0.273. The molecule has 0 aliphatic carbocycles. The normalized spacial score (nSPS) is 15.9. The maximum absolute atomic E-state index is 12.0. The first kappa shape index (κ1) is 11.0. The van der Waals surface area contributed by atoms with Crippen LogP contribution >= 0.6 is 27.3 Å². The Hall–Kier alpha value is -1.14. The van der Waals surface area contributed by atoms with E-state index in [1.54, 1.807) is 6.20 Å². The van der Waals surface area contributed by atoms with Crippen molar-refractivity contribution in [2.24, 2.45) is 0 Å². The van der Waals surface area contributed by atoms with Crippen LogP contribution in [0.2, 0.25) is 0 Å². The Bertz CT molecular complexity index is 531. The van der Waals surface area contributed by atoms with Crippen LogP contribution in [0.3, 0.4) is 0 Å². The van der Waals surface area contributed by atoms with E-state index in [4.69, 9.17) is 0 Å². The van der Waals surface area contributed by atoms with Crippen molar-refractivity contribution < 1.29 is 4.79 Å². The van der Waals surface area contributed by atoms with Crippen LogP contribution in [0.5, 0.6) is 0 Å². The molecule has 1 amide bonds. The summed E-state index contributed by atoms with van der Waals surface area (Å²) in [5.41, 5.74) is 0. The van der Waals surface area contributed by atoms with Crippen LogP contribution in [0.4, 0.5) is 0 Å². The summed E-state index contributed by atoms with van der Waals surface area (Å²) >= 11 is 4.84. The van der Waals surface area contributed by atoms with E-state index >= 15 is 0 Å². The van der Waals surface area contributed by atoms with Gasteiger partial charge in [0.1, 0.15) is 0 Å². The second-order valence-corrected chi connectivity index (χ2v) is 6.42. The number of hydrogen-bond acceptors (Lipinski definition) is 3. The van der Waals surface area contributed by atoms with Gasteiger partial charge in [0, 0.05) is 25.5 Å². The molecule has 3 rings (SSSR count). The number of nitrogens with zero attached hydrogens (tertiary/aromatic N) is 3. The Morgan fingerprint density at radius 2 is 2.29 bits per heavy atom. The summed E-state index contributed by atoms with van der Waals surface area (Å²) in [5, 5.41) is 4.18. The van der Waals surface area contributed by atoms with Gasteiger partial charge < -0.3 is 4.90 Å². The van der Waals surface area contributed by atoms with Crippen molar-refractivity contribution in [2.75, 3.05) is 13.1 Å². The van der Waals surface area contributed by atoms with Crippen LogP contribution < -0.4 is 0 Å². The predicted molar refractivity (Wildman–Crippen MR) is 69.2 cm³/mol. The Balaban J connectivity index is 1.64. The molecule has 17 heavy (non-hydrogen) atoms. The maximum Gasteiger partial charge on any atom is 0.264 e. The molecule has 1 fully saturated rings. The van der Waals surface area contributed by atoms with Gasteiger partial charge in [-0.25, -0.2) is 0 Å². The highest BCUT2D eigenvalue weighted by molar-refractivity contribution is 9.11. The van der Waals surface area contributed by atoms with Crippen molar-refractivity contribution in [3.05, 3.63) is 39.3 Å². The summed E-state index contributed by atoms with van der Waals surface area (Å²) in [6.07, 6.45) is 3.70. The molecule has 0 aromatic carbocycles. The summed E-state index contributed by atoms with van der Waals surface area (Å²) in [7, 11) is 0. The predicted octanol–water partition coefficient (Wildman–Crippen LogP) is 2.40. The number of aromatic nitrogens is 2. The molecule has 6 heteroatoms. The number of hydrogen-bond donors (Lipinski definition) is 0. The quantitative estimate of drug-likeness (QED) is 0.854. The van der Waals surface area contributed by atoms with Gasteiger partial charge in [0.05, 0.1) is 14.7 Å². The van der Waals surface area contributed by atoms with Crippen molar-refractivity contribution in [1.29, 1.82) is 0 Å². The van der Waals surface area contributed by atoms with Gasteiger partial charge in [-0.1, -0.05) is 0 Å². The summed E-state index contributed by atoms with van der Waals surface area (Å²) in [6, 6.07) is 6.00. The van der Waals surface area contributed by atoms with Crippen LogP contribution in [0, 0.1) is 0 Å². The van der Waals surface area contributed by atoms with Gasteiger partial charge >= 0.3 is 0 Å². The van der Waals surface area contributed by atoms with E-state index in [1.165, 1.54) is 11.3 Å². The molecule has 4 nitrogen and oxygen atoms in total. The van der Waals surface area contributed by atoms with Gasteiger partial charge in [0.15, 0.2) is 0 Å². The molecule has 0 atom stereocenters. The molecular formula is C11H10BrN3OS. The SMILES string of the molecule is O=C(c1ccc(Br)s1)N1CC(n2cccn2)C1. The minimum atomic E-state index is 0.115. The Labute approximate surface area is 111 Å². The largest absolute Gasteiger partial charge is 0.334 e. The minimum Gasteiger partial charge on any atom is -0.334 e. The summed E-state index contributed by atoms with van der Waals surface area (Å²) in [6.45, 7) is 1.49. The lowest BCUT2D eigenvalue weighted by Crippen LogP contribution is -2.50. The van der Waals surface area contributed by atoms with Crippen molar-refractivity contribution in [3.63, 3.8) is 0 Å². The minimum absolute atomic E-state index is 0.115. The smallest absolute Gasteiger partial charge is 0.264 e. The van der Waals surface area contributed by atoms with E-state index < -0.39 is 0 Å². The van der Waals surface area contributed by atoms with E-state index in [0.717, 1.165) is 21.8 Å². The Kier molecular flexibility index (Phi) is 2.76.